The molecule has 8 nitrogen and oxygen atoms in total. The molecule has 4 rings (SSSR count). The predicted molar refractivity (Wildman–Crippen MR) is 174 cm³/mol. The molecule has 50 heavy (non-hydrogen) atoms. The SMILES string of the molecule is CC(=O)OC(Cc1ncc(C)cc1Cl)NC(=O)c1ccccc1C(F)(F)F.Cc1cnc(CC=NC(=O)c2ccccc2C(F)(F)F)c(Cl)c1. The highest BCUT2D eigenvalue weighted by Gasteiger charge is 2.36. The first-order valence-electron chi connectivity index (χ1n) is 14.5. The average Bonchev–Trinajstić information content (AvgIpc) is 3.02. The molecule has 0 saturated carbocycles. The minimum atomic E-state index is -4.70. The van der Waals surface area contributed by atoms with E-state index in [4.69, 9.17) is 27.9 Å². The van der Waals surface area contributed by atoms with Gasteiger partial charge >= 0.3 is 18.3 Å². The minimum absolute atomic E-state index is 0.0986. The molecule has 0 aliphatic rings. The van der Waals surface area contributed by atoms with Gasteiger partial charge in [-0.25, -0.2) is 4.99 Å². The number of esters is 1. The van der Waals surface area contributed by atoms with Crippen molar-refractivity contribution in [3.63, 3.8) is 0 Å². The Morgan fingerprint density at radius 1 is 0.820 bits per heavy atom. The second kappa shape index (κ2) is 17.2. The van der Waals surface area contributed by atoms with Gasteiger partial charge in [0.15, 0.2) is 6.23 Å². The lowest BCUT2D eigenvalue weighted by molar-refractivity contribution is -0.147. The smallest absolute Gasteiger partial charge is 0.417 e. The van der Waals surface area contributed by atoms with Crippen LogP contribution >= 0.6 is 23.2 Å². The molecule has 0 radical (unpaired) electrons. The number of carbonyl (C=O) groups excluding carboxylic acids is 3. The molecule has 2 aromatic heterocycles. The van der Waals surface area contributed by atoms with Crippen LogP contribution in [0.3, 0.4) is 0 Å². The van der Waals surface area contributed by atoms with E-state index in [1.165, 1.54) is 36.7 Å². The zero-order valence-corrected chi connectivity index (χ0v) is 28.0. The largest absolute Gasteiger partial charge is 0.441 e. The van der Waals surface area contributed by atoms with Gasteiger partial charge in [-0.15, -0.1) is 0 Å². The zero-order valence-electron chi connectivity index (χ0n) is 26.5. The minimum Gasteiger partial charge on any atom is -0.441 e. The third kappa shape index (κ3) is 11.7. The first-order valence-corrected chi connectivity index (χ1v) is 15.2. The number of nitrogens with zero attached hydrogens (tertiary/aromatic N) is 3. The highest BCUT2D eigenvalue weighted by Crippen LogP contribution is 2.33. The Labute approximate surface area is 292 Å². The number of hydrogen-bond acceptors (Lipinski definition) is 6. The van der Waals surface area contributed by atoms with E-state index in [0.717, 1.165) is 42.3 Å². The van der Waals surface area contributed by atoms with Gasteiger partial charge in [-0.3, -0.25) is 24.4 Å². The maximum Gasteiger partial charge on any atom is 0.417 e. The maximum absolute atomic E-state index is 13.1. The van der Waals surface area contributed by atoms with Crippen molar-refractivity contribution in [3.8, 4) is 0 Å². The van der Waals surface area contributed by atoms with Crippen molar-refractivity contribution in [2.24, 2.45) is 4.99 Å². The van der Waals surface area contributed by atoms with Gasteiger partial charge in [0.05, 0.1) is 43.7 Å². The van der Waals surface area contributed by atoms with Gasteiger partial charge in [-0.05, 0) is 61.4 Å². The molecule has 16 heteroatoms. The monoisotopic (exact) mass is 740 g/mol. The first kappa shape index (κ1) is 39.6. The van der Waals surface area contributed by atoms with Crippen molar-refractivity contribution in [1.29, 1.82) is 0 Å². The standard InChI is InChI=1S/C18H16ClF3N2O3.C16H12ClF3N2O/c1-10-7-14(19)15(23-9-10)8-16(27-11(2)25)24-17(26)12-5-3-4-6-13(12)18(20,21)22;1-10-8-13(17)14(22-9-10)6-7-21-15(23)11-4-2-3-5-12(11)16(18,19)20/h3-7,9,16H,8H2,1-2H3,(H,24,26);2-5,7-9H,6H2,1H3. The zero-order chi connectivity index (χ0) is 37.2. The van der Waals surface area contributed by atoms with Crippen molar-refractivity contribution in [3.05, 3.63) is 128 Å². The molecule has 1 atom stereocenters. The fraction of sp³-hybridized carbons (Fsp3) is 0.235. The van der Waals surface area contributed by atoms with E-state index in [0.29, 0.717) is 16.4 Å². The Morgan fingerprint density at radius 3 is 1.80 bits per heavy atom. The molecule has 1 N–H and O–H groups in total. The number of pyridine rings is 2. The molecular formula is C34H28Cl2F6N4O4. The molecule has 2 aromatic carbocycles. The fourth-order valence-electron chi connectivity index (χ4n) is 4.28. The maximum atomic E-state index is 13.1. The lowest BCUT2D eigenvalue weighted by atomic mass is 10.1. The number of aryl methyl sites for hydroxylation is 2. The molecule has 0 aliphatic carbocycles. The molecule has 0 fully saturated rings. The summed E-state index contributed by atoms with van der Waals surface area (Å²) >= 11 is 12.1. The third-order valence-electron chi connectivity index (χ3n) is 6.52. The highest BCUT2D eigenvalue weighted by molar-refractivity contribution is 6.31. The molecule has 0 spiro atoms. The van der Waals surface area contributed by atoms with Crippen LogP contribution in [0.2, 0.25) is 10.0 Å². The second-order valence-electron chi connectivity index (χ2n) is 10.6. The van der Waals surface area contributed by atoms with Crippen LogP contribution in [0, 0.1) is 13.8 Å². The lowest BCUT2D eigenvalue weighted by Gasteiger charge is -2.20. The Balaban J connectivity index is 0.000000274. The summed E-state index contributed by atoms with van der Waals surface area (Å²) in [5.74, 6) is -2.70. The van der Waals surface area contributed by atoms with Crippen molar-refractivity contribution in [1.82, 2.24) is 15.3 Å². The molecule has 2 heterocycles. The van der Waals surface area contributed by atoms with E-state index in [9.17, 15) is 40.7 Å². The molecule has 0 saturated heterocycles. The molecule has 1 unspecified atom stereocenters. The fourth-order valence-corrected chi connectivity index (χ4v) is 4.87. The number of aromatic nitrogens is 2. The summed E-state index contributed by atoms with van der Waals surface area (Å²) in [7, 11) is 0. The number of ether oxygens (including phenoxy) is 1. The summed E-state index contributed by atoms with van der Waals surface area (Å²) in [6.07, 6.45) is -6.14. The second-order valence-corrected chi connectivity index (χ2v) is 11.4. The van der Waals surface area contributed by atoms with E-state index in [-0.39, 0.29) is 17.9 Å². The number of benzene rings is 2. The number of alkyl halides is 6. The molecule has 0 bridgehead atoms. The van der Waals surface area contributed by atoms with Crippen molar-refractivity contribution < 1.29 is 45.5 Å². The Kier molecular flexibility index (Phi) is 13.6. The Hall–Kier alpha value is -4.82. The number of halogens is 8. The van der Waals surface area contributed by atoms with Crippen LogP contribution in [-0.4, -0.2) is 40.2 Å². The van der Waals surface area contributed by atoms with E-state index in [1.807, 2.05) is 6.92 Å². The van der Waals surface area contributed by atoms with E-state index < -0.39 is 58.6 Å². The van der Waals surface area contributed by atoms with Gasteiger partial charge in [-0.2, -0.15) is 26.3 Å². The number of aliphatic imine (C=N–C) groups is 1. The van der Waals surface area contributed by atoms with Crippen molar-refractivity contribution in [2.75, 3.05) is 0 Å². The summed E-state index contributed by atoms with van der Waals surface area (Å²) in [6, 6.07) is 12.2. The summed E-state index contributed by atoms with van der Waals surface area (Å²) < 4.78 is 82.9. The normalized spacial score (nSPS) is 12.1. The first-order chi connectivity index (χ1) is 23.4. The van der Waals surface area contributed by atoms with Gasteiger partial charge in [0.25, 0.3) is 11.8 Å². The van der Waals surface area contributed by atoms with Crippen LogP contribution in [0.5, 0.6) is 0 Å². The predicted octanol–water partition coefficient (Wildman–Crippen LogP) is 8.44. The number of hydrogen-bond donors (Lipinski definition) is 1. The van der Waals surface area contributed by atoms with E-state index >= 15 is 0 Å². The van der Waals surface area contributed by atoms with Gasteiger partial charge in [0.1, 0.15) is 0 Å². The Bertz CT molecular complexity index is 1880. The molecule has 2 amide bonds. The van der Waals surface area contributed by atoms with E-state index in [2.05, 4.69) is 20.3 Å². The summed E-state index contributed by atoms with van der Waals surface area (Å²) in [5.41, 5.74) is -0.647. The topological polar surface area (TPSA) is 111 Å². The van der Waals surface area contributed by atoms with Crippen LogP contribution < -0.4 is 5.32 Å². The van der Waals surface area contributed by atoms with Crippen LogP contribution in [0.15, 0.2) is 78.0 Å². The lowest BCUT2D eigenvalue weighted by Crippen LogP contribution is -2.40. The highest BCUT2D eigenvalue weighted by atomic mass is 35.5. The summed E-state index contributed by atoms with van der Waals surface area (Å²) in [4.78, 5) is 47.4. The number of nitrogens with one attached hydrogen (secondary N) is 1. The van der Waals surface area contributed by atoms with Gasteiger partial charge in [0, 0.05) is 38.4 Å². The molecular weight excluding hydrogens is 713 g/mol. The van der Waals surface area contributed by atoms with Crippen molar-refractivity contribution >= 4 is 47.2 Å². The quantitative estimate of drug-likeness (QED) is 0.0841. The molecule has 264 valence electrons. The van der Waals surface area contributed by atoms with Gasteiger partial charge in [0.2, 0.25) is 0 Å². The summed E-state index contributed by atoms with van der Waals surface area (Å²) in [6.45, 7) is 4.73. The van der Waals surface area contributed by atoms with E-state index in [1.54, 1.807) is 25.3 Å². The number of carbonyl (C=O) groups is 3. The van der Waals surface area contributed by atoms with Gasteiger partial charge < -0.3 is 10.1 Å². The van der Waals surface area contributed by atoms with Crippen LogP contribution in [0.4, 0.5) is 26.3 Å². The Morgan fingerprint density at radius 2 is 1.30 bits per heavy atom. The average molecular weight is 742 g/mol. The molecule has 0 aliphatic heterocycles. The number of rotatable bonds is 8. The van der Waals surface area contributed by atoms with Crippen molar-refractivity contribution in [2.45, 2.75) is 52.2 Å². The van der Waals surface area contributed by atoms with Gasteiger partial charge in [-0.1, -0.05) is 47.5 Å². The van der Waals surface area contributed by atoms with Crippen LogP contribution in [0.1, 0.15) is 61.3 Å². The number of amides is 2. The van der Waals surface area contributed by atoms with Crippen LogP contribution in [0.25, 0.3) is 0 Å². The van der Waals surface area contributed by atoms with Crippen LogP contribution in [-0.2, 0) is 34.7 Å². The third-order valence-corrected chi connectivity index (χ3v) is 7.17. The summed E-state index contributed by atoms with van der Waals surface area (Å²) in [5, 5.41) is 2.99. The molecule has 4 aromatic rings.